The number of likely N-dealkylation sites (N-methyl/N-ethyl adjacent to an activating group) is 1. The average molecular weight is 556 g/mol. The number of allylic oxidation sites excluding steroid dienone is 1. The van der Waals surface area contributed by atoms with Crippen LogP contribution in [0.4, 0.5) is 11.4 Å². The van der Waals surface area contributed by atoms with Gasteiger partial charge in [0, 0.05) is 48.1 Å². The first-order valence-electron chi connectivity index (χ1n) is 12.8. The highest BCUT2D eigenvalue weighted by atomic mass is 35.5. The van der Waals surface area contributed by atoms with Crippen molar-refractivity contribution in [3.63, 3.8) is 0 Å². The lowest BCUT2D eigenvalue weighted by molar-refractivity contribution is -0.114. The molecule has 0 aliphatic rings. The number of ether oxygens (including phenoxy) is 2. The van der Waals surface area contributed by atoms with Crippen LogP contribution in [0.25, 0.3) is 10.9 Å². The molecule has 0 aliphatic heterocycles. The summed E-state index contributed by atoms with van der Waals surface area (Å²) in [7, 11) is 3.88. The third-order valence-electron chi connectivity index (χ3n) is 5.91. The van der Waals surface area contributed by atoms with Crippen molar-refractivity contribution in [1.82, 2.24) is 14.9 Å². The lowest BCUT2D eigenvalue weighted by Crippen LogP contribution is -2.11. The molecule has 204 valence electrons. The molecule has 0 amide bonds. The molecule has 0 atom stereocenters. The van der Waals surface area contributed by atoms with E-state index in [0.717, 1.165) is 5.69 Å². The van der Waals surface area contributed by atoms with Gasteiger partial charge in [0.15, 0.2) is 5.78 Å². The van der Waals surface area contributed by atoms with Crippen molar-refractivity contribution in [2.45, 2.75) is 20.0 Å². The van der Waals surface area contributed by atoms with Gasteiger partial charge in [-0.25, -0.2) is 0 Å². The highest BCUT2D eigenvalue weighted by Gasteiger charge is 2.16. The van der Waals surface area contributed by atoms with Crippen LogP contribution in [-0.4, -0.2) is 47.9 Å². The molecule has 0 saturated heterocycles. The number of aromatic nitrogens is 2. The van der Waals surface area contributed by atoms with Gasteiger partial charge in [0.25, 0.3) is 0 Å². The summed E-state index contributed by atoms with van der Waals surface area (Å²) in [6, 6.07) is 16.8. The Bertz CT molecular complexity index is 1570. The molecular weight excluding hydrogens is 526 g/mol. The number of carbonyl (C=O) groups excluding carboxylic acids is 1. The topological polar surface area (TPSA) is 100 Å². The first kappa shape index (κ1) is 28.6. The molecule has 4 rings (SSSR count). The Morgan fingerprint density at radius 3 is 2.67 bits per heavy atom. The SMILES string of the molecule is CCOc1cc2ncc(C#N)c(Nc3ccc(OCc4ccccn4)c(Cl)c3)c2cc1CC(=O)C=CCN(C)C. The molecule has 4 aromatic rings. The van der Waals surface area contributed by atoms with Crippen molar-refractivity contribution in [3.8, 4) is 17.6 Å². The molecule has 0 fully saturated rings. The molecule has 40 heavy (non-hydrogen) atoms. The molecule has 0 radical (unpaired) electrons. The van der Waals surface area contributed by atoms with E-state index in [4.69, 9.17) is 21.1 Å². The quantitative estimate of drug-likeness (QED) is 0.209. The van der Waals surface area contributed by atoms with Crippen LogP contribution in [0, 0.1) is 11.3 Å². The van der Waals surface area contributed by atoms with Crippen LogP contribution in [0.15, 0.2) is 73.1 Å². The Morgan fingerprint density at radius 2 is 1.98 bits per heavy atom. The molecule has 8 nitrogen and oxygen atoms in total. The second kappa shape index (κ2) is 13.6. The van der Waals surface area contributed by atoms with E-state index in [1.807, 2.05) is 62.3 Å². The molecule has 9 heteroatoms. The number of ketones is 1. The fourth-order valence-electron chi connectivity index (χ4n) is 4.03. The number of hydrogen-bond acceptors (Lipinski definition) is 8. The number of rotatable bonds is 12. The van der Waals surface area contributed by atoms with Gasteiger partial charge in [-0.3, -0.25) is 14.8 Å². The molecule has 2 aromatic carbocycles. The highest BCUT2D eigenvalue weighted by Crippen LogP contribution is 2.36. The van der Waals surface area contributed by atoms with Crippen LogP contribution in [0.1, 0.15) is 23.7 Å². The zero-order valence-corrected chi connectivity index (χ0v) is 23.4. The van der Waals surface area contributed by atoms with Crippen LogP contribution >= 0.6 is 11.6 Å². The number of nitrogens with zero attached hydrogens (tertiary/aromatic N) is 4. The van der Waals surface area contributed by atoms with Crippen LogP contribution in [0.3, 0.4) is 0 Å². The normalized spacial score (nSPS) is 11.1. The van der Waals surface area contributed by atoms with Gasteiger partial charge >= 0.3 is 0 Å². The van der Waals surface area contributed by atoms with Crippen molar-refractivity contribution >= 4 is 39.7 Å². The Hall–Kier alpha value is -4.45. The Kier molecular flexibility index (Phi) is 9.68. The molecule has 0 saturated carbocycles. The smallest absolute Gasteiger partial charge is 0.159 e. The fraction of sp³-hybridized carbons (Fsp3) is 0.226. The van der Waals surface area contributed by atoms with Crippen molar-refractivity contribution in [2.24, 2.45) is 0 Å². The van der Waals surface area contributed by atoms with E-state index in [9.17, 15) is 10.1 Å². The summed E-state index contributed by atoms with van der Waals surface area (Å²) in [6.07, 6.45) is 6.79. The Labute approximate surface area is 238 Å². The highest BCUT2D eigenvalue weighted by molar-refractivity contribution is 6.32. The fourth-order valence-corrected chi connectivity index (χ4v) is 4.26. The summed E-state index contributed by atoms with van der Waals surface area (Å²) in [5, 5.41) is 14.3. The van der Waals surface area contributed by atoms with Crippen molar-refractivity contribution < 1.29 is 14.3 Å². The van der Waals surface area contributed by atoms with Gasteiger partial charge < -0.3 is 19.7 Å². The van der Waals surface area contributed by atoms with E-state index >= 15 is 0 Å². The molecule has 0 unspecified atom stereocenters. The predicted octanol–water partition coefficient (Wildman–Crippen LogP) is 6.11. The lowest BCUT2D eigenvalue weighted by Gasteiger charge is -2.16. The van der Waals surface area contributed by atoms with Gasteiger partial charge in [-0.05, 0) is 63.5 Å². The maximum Gasteiger partial charge on any atom is 0.159 e. The number of halogens is 1. The third kappa shape index (κ3) is 7.35. The maximum absolute atomic E-state index is 12.7. The summed E-state index contributed by atoms with van der Waals surface area (Å²) in [5.74, 6) is 1.06. The molecule has 0 spiro atoms. The molecule has 0 aliphatic carbocycles. The van der Waals surface area contributed by atoms with Crippen LogP contribution in [-0.2, 0) is 17.8 Å². The van der Waals surface area contributed by atoms with Crippen molar-refractivity contribution in [2.75, 3.05) is 32.6 Å². The monoisotopic (exact) mass is 555 g/mol. The summed E-state index contributed by atoms with van der Waals surface area (Å²) in [5.41, 5.74) is 3.71. The van der Waals surface area contributed by atoms with Gasteiger partial charge in [-0.2, -0.15) is 5.26 Å². The van der Waals surface area contributed by atoms with Gasteiger partial charge in [0.1, 0.15) is 24.2 Å². The maximum atomic E-state index is 12.7. The minimum Gasteiger partial charge on any atom is -0.494 e. The van der Waals surface area contributed by atoms with E-state index < -0.39 is 0 Å². The van der Waals surface area contributed by atoms with E-state index in [2.05, 4.69) is 21.4 Å². The summed E-state index contributed by atoms with van der Waals surface area (Å²) >= 11 is 6.53. The average Bonchev–Trinajstić information content (AvgIpc) is 2.94. The van der Waals surface area contributed by atoms with Gasteiger partial charge in [-0.1, -0.05) is 23.7 Å². The molecular formula is C31H30ClN5O3. The van der Waals surface area contributed by atoms with Crippen molar-refractivity contribution in [1.29, 1.82) is 5.26 Å². The van der Waals surface area contributed by atoms with Crippen LogP contribution in [0.5, 0.6) is 11.5 Å². The lowest BCUT2D eigenvalue weighted by atomic mass is 10.0. The summed E-state index contributed by atoms with van der Waals surface area (Å²) in [6.45, 7) is 3.28. The second-order valence-electron chi connectivity index (χ2n) is 9.26. The van der Waals surface area contributed by atoms with Crippen molar-refractivity contribution in [3.05, 3.63) is 94.9 Å². The number of hydrogen-bond donors (Lipinski definition) is 1. The minimum atomic E-state index is -0.0471. The molecule has 2 heterocycles. The number of nitriles is 1. The number of fused-ring (bicyclic) bond motifs is 1. The van der Waals surface area contributed by atoms with E-state index in [1.165, 1.54) is 6.20 Å². The minimum absolute atomic E-state index is 0.0471. The first-order valence-corrected chi connectivity index (χ1v) is 13.2. The Balaban J connectivity index is 1.64. The molecule has 1 N–H and O–H groups in total. The number of nitrogens with one attached hydrogen (secondary N) is 1. The van der Waals surface area contributed by atoms with Crippen LogP contribution < -0.4 is 14.8 Å². The van der Waals surface area contributed by atoms with Gasteiger partial charge in [0.05, 0.1) is 34.1 Å². The zero-order valence-electron chi connectivity index (χ0n) is 22.6. The molecule has 0 bridgehead atoms. The zero-order chi connectivity index (χ0) is 28.5. The second-order valence-corrected chi connectivity index (χ2v) is 9.66. The molecule has 2 aromatic heterocycles. The third-order valence-corrected chi connectivity index (χ3v) is 6.21. The summed E-state index contributed by atoms with van der Waals surface area (Å²) in [4.78, 5) is 23.4. The standard InChI is InChI=1S/C31H30ClN5O3/c1-4-39-30-17-28-26(15-21(30)14-25(38)9-7-13-37(2)3)31(22(18-33)19-35-28)36-23-10-11-29(27(32)16-23)40-20-24-8-5-6-12-34-24/h5-12,15-17,19H,4,13-14,20H2,1-3H3,(H,35,36). The van der Waals surface area contributed by atoms with Crippen LogP contribution in [0.2, 0.25) is 5.02 Å². The largest absolute Gasteiger partial charge is 0.494 e. The van der Waals surface area contributed by atoms with Gasteiger partial charge in [0.2, 0.25) is 0 Å². The predicted molar refractivity (Wildman–Crippen MR) is 157 cm³/mol. The number of pyridine rings is 2. The summed E-state index contributed by atoms with van der Waals surface area (Å²) < 4.78 is 11.7. The van der Waals surface area contributed by atoms with E-state index in [0.29, 0.717) is 63.1 Å². The number of carbonyl (C=O) groups is 1. The Morgan fingerprint density at radius 1 is 1.12 bits per heavy atom. The van der Waals surface area contributed by atoms with Gasteiger partial charge in [-0.15, -0.1) is 0 Å². The number of benzene rings is 2. The number of anilines is 2. The van der Waals surface area contributed by atoms with E-state index in [1.54, 1.807) is 30.5 Å². The van der Waals surface area contributed by atoms with E-state index in [-0.39, 0.29) is 18.8 Å². The first-order chi connectivity index (χ1) is 19.4.